The van der Waals surface area contributed by atoms with Crippen LogP contribution < -0.4 is 11.3 Å². The quantitative estimate of drug-likeness (QED) is 0.371. The third kappa shape index (κ3) is 1.55. The van der Waals surface area contributed by atoms with Crippen LogP contribution in [0.4, 0.5) is 5.82 Å². The van der Waals surface area contributed by atoms with E-state index >= 15 is 0 Å². The highest BCUT2D eigenvalue weighted by Gasteiger charge is 2.08. The van der Waals surface area contributed by atoms with E-state index in [9.17, 15) is 4.79 Å². The molecule has 2 heterocycles. The molecule has 0 spiro atoms. The van der Waals surface area contributed by atoms with Crippen LogP contribution in [0.1, 0.15) is 0 Å². The van der Waals surface area contributed by atoms with Gasteiger partial charge in [0.15, 0.2) is 3.83 Å². The molecule has 0 fully saturated rings. The standard InChI is InChI=1S/C11H7IN4O/c12-11-15-7-2-1-6-5(3-4-14-9(6)13)8(7)10(17)16-11/h1-4H,(H2,13,14)(H,15,16,17). The number of halogens is 1. The number of rotatable bonds is 0. The van der Waals surface area contributed by atoms with Gasteiger partial charge in [0, 0.05) is 17.0 Å². The minimum Gasteiger partial charge on any atom is -0.383 e. The van der Waals surface area contributed by atoms with Gasteiger partial charge in [-0.15, -0.1) is 0 Å². The van der Waals surface area contributed by atoms with Crippen LogP contribution in [0.15, 0.2) is 29.2 Å². The van der Waals surface area contributed by atoms with Crippen molar-refractivity contribution < 1.29 is 0 Å². The Hall–Kier alpha value is -1.70. The molecule has 0 aliphatic heterocycles. The maximum Gasteiger partial charge on any atom is 0.259 e. The van der Waals surface area contributed by atoms with Crippen LogP contribution in [0, 0.1) is 3.83 Å². The van der Waals surface area contributed by atoms with Crippen molar-refractivity contribution >= 4 is 50.1 Å². The highest BCUT2D eigenvalue weighted by molar-refractivity contribution is 14.1. The van der Waals surface area contributed by atoms with Gasteiger partial charge in [-0.2, -0.15) is 0 Å². The van der Waals surface area contributed by atoms with Crippen LogP contribution in [0.3, 0.4) is 0 Å². The predicted octanol–water partition coefficient (Wildman–Crippen LogP) is 1.66. The van der Waals surface area contributed by atoms with Crippen molar-refractivity contribution in [2.75, 3.05) is 5.73 Å². The van der Waals surface area contributed by atoms with Crippen molar-refractivity contribution in [1.82, 2.24) is 15.0 Å². The highest BCUT2D eigenvalue weighted by atomic mass is 127. The largest absolute Gasteiger partial charge is 0.383 e. The highest BCUT2D eigenvalue weighted by Crippen LogP contribution is 2.24. The second-order valence-electron chi connectivity index (χ2n) is 3.61. The number of nitrogens with one attached hydrogen (secondary N) is 1. The molecule has 0 radical (unpaired) electrons. The van der Waals surface area contributed by atoms with E-state index in [-0.39, 0.29) is 5.56 Å². The first kappa shape index (κ1) is 10.5. The number of nitrogens with two attached hydrogens (primary N) is 1. The van der Waals surface area contributed by atoms with E-state index in [1.54, 1.807) is 18.3 Å². The van der Waals surface area contributed by atoms with Crippen LogP contribution in [0.25, 0.3) is 21.7 Å². The zero-order valence-corrected chi connectivity index (χ0v) is 10.7. The van der Waals surface area contributed by atoms with Crippen molar-refractivity contribution in [1.29, 1.82) is 0 Å². The molecular formula is C11H7IN4O. The Kier molecular flexibility index (Phi) is 2.25. The smallest absolute Gasteiger partial charge is 0.259 e. The normalized spacial score (nSPS) is 11.1. The Morgan fingerprint density at radius 3 is 2.88 bits per heavy atom. The van der Waals surface area contributed by atoms with Crippen LogP contribution in [-0.2, 0) is 0 Å². The molecule has 3 N–H and O–H groups in total. The molecule has 84 valence electrons. The number of benzene rings is 1. The number of aromatic nitrogens is 3. The molecule has 1 aromatic carbocycles. The molecule has 0 amide bonds. The summed E-state index contributed by atoms with van der Waals surface area (Å²) >= 11 is 1.98. The monoisotopic (exact) mass is 338 g/mol. The second kappa shape index (κ2) is 3.66. The summed E-state index contributed by atoms with van der Waals surface area (Å²) in [5.74, 6) is 0.419. The van der Waals surface area contributed by atoms with E-state index in [1.807, 2.05) is 28.7 Å². The summed E-state index contributed by atoms with van der Waals surface area (Å²) in [5, 5.41) is 2.10. The van der Waals surface area contributed by atoms with Gasteiger partial charge < -0.3 is 10.7 Å². The molecule has 0 aliphatic rings. The van der Waals surface area contributed by atoms with Crippen molar-refractivity contribution in [3.63, 3.8) is 0 Å². The maximum atomic E-state index is 12.0. The predicted molar refractivity (Wildman–Crippen MR) is 74.8 cm³/mol. The Labute approximate surface area is 109 Å². The molecule has 6 heteroatoms. The fourth-order valence-electron chi connectivity index (χ4n) is 1.89. The van der Waals surface area contributed by atoms with E-state index < -0.39 is 0 Å². The molecule has 3 rings (SSSR count). The fourth-order valence-corrected chi connectivity index (χ4v) is 2.39. The number of nitrogen functional groups attached to an aromatic ring is 1. The lowest BCUT2D eigenvalue weighted by molar-refractivity contribution is 1.11. The average molecular weight is 338 g/mol. The number of nitrogens with zero attached hydrogens (tertiary/aromatic N) is 2. The number of hydrogen-bond donors (Lipinski definition) is 2. The van der Waals surface area contributed by atoms with Gasteiger partial charge in [-0.1, -0.05) is 0 Å². The SMILES string of the molecule is Nc1nccc2c1ccc1nc(I)[nH]c(=O)c12. The van der Waals surface area contributed by atoms with Crippen molar-refractivity contribution in [3.8, 4) is 0 Å². The summed E-state index contributed by atoms with van der Waals surface area (Å²) in [6.07, 6.45) is 1.59. The molecular weight excluding hydrogens is 331 g/mol. The third-order valence-corrected chi connectivity index (χ3v) is 3.13. The zero-order chi connectivity index (χ0) is 12.0. The third-order valence-electron chi connectivity index (χ3n) is 2.62. The minimum atomic E-state index is -0.157. The van der Waals surface area contributed by atoms with Gasteiger partial charge in [-0.05, 0) is 40.8 Å². The Morgan fingerprint density at radius 2 is 2.06 bits per heavy atom. The van der Waals surface area contributed by atoms with Gasteiger partial charge >= 0.3 is 0 Å². The Morgan fingerprint density at radius 1 is 1.24 bits per heavy atom. The number of pyridine rings is 1. The lowest BCUT2D eigenvalue weighted by Crippen LogP contribution is -2.10. The lowest BCUT2D eigenvalue weighted by atomic mass is 10.1. The summed E-state index contributed by atoms with van der Waals surface area (Å²) in [4.78, 5) is 22.9. The maximum absolute atomic E-state index is 12.0. The first-order valence-corrected chi connectivity index (χ1v) is 5.97. The summed E-state index contributed by atoms with van der Waals surface area (Å²) in [7, 11) is 0. The topological polar surface area (TPSA) is 84.7 Å². The van der Waals surface area contributed by atoms with Gasteiger partial charge in [0.25, 0.3) is 5.56 Å². The van der Waals surface area contributed by atoms with E-state index in [0.717, 1.165) is 10.8 Å². The van der Waals surface area contributed by atoms with Crippen LogP contribution in [0.5, 0.6) is 0 Å². The molecule has 0 bridgehead atoms. The van der Waals surface area contributed by atoms with E-state index in [0.29, 0.717) is 20.6 Å². The van der Waals surface area contributed by atoms with Crippen LogP contribution in [0.2, 0.25) is 0 Å². The number of fused-ring (bicyclic) bond motifs is 3. The van der Waals surface area contributed by atoms with Crippen molar-refractivity contribution in [2.24, 2.45) is 0 Å². The van der Waals surface area contributed by atoms with Gasteiger partial charge in [-0.25, -0.2) is 9.97 Å². The van der Waals surface area contributed by atoms with Gasteiger partial charge in [-0.3, -0.25) is 4.79 Å². The Bertz CT molecular complexity index is 796. The number of anilines is 1. The van der Waals surface area contributed by atoms with Gasteiger partial charge in [0.05, 0.1) is 10.9 Å². The summed E-state index contributed by atoms with van der Waals surface area (Å²) in [5.41, 5.74) is 6.29. The van der Waals surface area contributed by atoms with Crippen LogP contribution in [-0.4, -0.2) is 15.0 Å². The summed E-state index contributed by atoms with van der Waals surface area (Å²) < 4.78 is 0.571. The van der Waals surface area contributed by atoms with Crippen molar-refractivity contribution in [2.45, 2.75) is 0 Å². The van der Waals surface area contributed by atoms with E-state index in [4.69, 9.17) is 5.73 Å². The second-order valence-corrected chi connectivity index (χ2v) is 4.63. The zero-order valence-electron chi connectivity index (χ0n) is 8.57. The number of H-pyrrole nitrogens is 1. The minimum absolute atomic E-state index is 0.157. The average Bonchev–Trinajstić information content (AvgIpc) is 2.28. The molecule has 2 aromatic heterocycles. The number of hydrogen-bond acceptors (Lipinski definition) is 4. The molecule has 17 heavy (non-hydrogen) atoms. The molecule has 3 aromatic rings. The van der Waals surface area contributed by atoms with E-state index in [1.165, 1.54) is 0 Å². The summed E-state index contributed by atoms with van der Waals surface area (Å²) in [6.45, 7) is 0. The van der Waals surface area contributed by atoms with Gasteiger partial charge in [0.2, 0.25) is 0 Å². The first-order chi connectivity index (χ1) is 8.16. The fraction of sp³-hybridized carbons (Fsp3) is 0. The number of aromatic amines is 1. The molecule has 0 unspecified atom stereocenters. The molecule has 0 atom stereocenters. The van der Waals surface area contributed by atoms with Gasteiger partial charge in [0.1, 0.15) is 5.82 Å². The molecule has 0 saturated heterocycles. The van der Waals surface area contributed by atoms with Crippen LogP contribution >= 0.6 is 22.6 Å². The Balaban J connectivity index is 2.65. The molecule has 0 saturated carbocycles. The lowest BCUT2D eigenvalue weighted by Gasteiger charge is -2.04. The van der Waals surface area contributed by atoms with E-state index in [2.05, 4.69) is 15.0 Å². The first-order valence-electron chi connectivity index (χ1n) is 4.89. The summed E-state index contributed by atoms with van der Waals surface area (Å²) in [6, 6.07) is 5.40. The molecule has 5 nitrogen and oxygen atoms in total. The van der Waals surface area contributed by atoms with Crippen molar-refractivity contribution in [3.05, 3.63) is 38.6 Å². The molecule has 0 aliphatic carbocycles.